The van der Waals surface area contributed by atoms with Crippen molar-refractivity contribution in [3.8, 4) is 6.07 Å². The number of para-hydroxylation sites is 1. The second kappa shape index (κ2) is 13.6. The fourth-order valence-corrected chi connectivity index (χ4v) is 3.62. The van der Waals surface area contributed by atoms with E-state index in [0.29, 0.717) is 6.04 Å². The Bertz CT molecular complexity index is 642. The van der Waals surface area contributed by atoms with Crippen molar-refractivity contribution in [2.45, 2.75) is 39.2 Å². The van der Waals surface area contributed by atoms with Crippen LogP contribution in [0.25, 0.3) is 0 Å². The zero-order valence-electron chi connectivity index (χ0n) is 17.4. The molecule has 1 aliphatic heterocycles. The SMILES string of the molecule is CCCN(CC)CCNC(=NC)NC1CCCN(c2ccccc2C#N)C1.I. The third kappa shape index (κ3) is 7.47. The normalized spacial score (nSPS) is 17.0. The van der Waals surface area contributed by atoms with E-state index >= 15 is 0 Å². The predicted molar refractivity (Wildman–Crippen MR) is 129 cm³/mol. The van der Waals surface area contributed by atoms with Gasteiger partial charge in [0.05, 0.1) is 11.3 Å². The van der Waals surface area contributed by atoms with Crippen LogP contribution in [-0.4, -0.2) is 63.2 Å². The Morgan fingerprint density at radius 3 is 2.79 bits per heavy atom. The number of aliphatic imine (C=N–C) groups is 1. The molecule has 28 heavy (non-hydrogen) atoms. The Hall–Kier alpha value is -1.53. The van der Waals surface area contributed by atoms with Gasteiger partial charge in [-0.1, -0.05) is 26.0 Å². The highest BCUT2D eigenvalue weighted by Crippen LogP contribution is 2.23. The van der Waals surface area contributed by atoms with Gasteiger partial charge >= 0.3 is 0 Å². The Morgan fingerprint density at radius 1 is 1.32 bits per heavy atom. The van der Waals surface area contributed by atoms with Gasteiger partial charge in [-0.3, -0.25) is 4.99 Å². The van der Waals surface area contributed by atoms with E-state index in [2.05, 4.69) is 45.3 Å². The number of anilines is 1. The van der Waals surface area contributed by atoms with Crippen LogP contribution in [0, 0.1) is 11.3 Å². The molecule has 7 heteroatoms. The van der Waals surface area contributed by atoms with Crippen LogP contribution in [0.1, 0.15) is 38.7 Å². The molecule has 156 valence electrons. The number of likely N-dealkylation sites (N-methyl/N-ethyl adjacent to an activating group) is 1. The molecule has 0 spiro atoms. The summed E-state index contributed by atoms with van der Waals surface area (Å²) in [5.74, 6) is 0.864. The van der Waals surface area contributed by atoms with Gasteiger partial charge in [0.15, 0.2) is 5.96 Å². The number of rotatable bonds is 8. The van der Waals surface area contributed by atoms with Crippen molar-refractivity contribution in [1.82, 2.24) is 15.5 Å². The Morgan fingerprint density at radius 2 is 2.11 bits per heavy atom. The molecule has 0 aromatic heterocycles. The summed E-state index contributed by atoms with van der Waals surface area (Å²) in [7, 11) is 1.82. The summed E-state index contributed by atoms with van der Waals surface area (Å²) in [6, 6.07) is 10.5. The highest BCUT2D eigenvalue weighted by molar-refractivity contribution is 14.0. The first kappa shape index (κ1) is 24.5. The fraction of sp³-hybridized carbons (Fsp3) is 0.619. The quantitative estimate of drug-likeness (QED) is 0.328. The summed E-state index contributed by atoms with van der Waals surface area (Å²) in [6.07, 6.45) is 3.40. The zero-order chi connectivity index (χ0) is 19.5. The minimum atomic E-state index is 0. The Kier molecular flexibility index (Phi) is 11.9. The molecule has 0 aliphatic carbocycles. The summed E-state index contributed by atoms with van der Waals surface area (Å²) in [6.45, 7) is 10.4. The molecule has 1 aliphatic rings. The molecule has 1 aromatic rings. The number of hydrogen-bond acceptors (Lipinski definition) is 4. The van der Waals surface area contributed by atoms with Crippen LogP contribution in [0.3, 0.4) is 0 Å². The van der Waals surface area contributed by atoms with Crippen LogP contribution in [0.4, 0.5) is 5.69 Å². The third-order valence-corrected chi connectivity index (χ3v) is 5.06. The van der Waals surface area contributed by atoms with Crippen molar-refractivity contribution in [2.24, 2.45) is 4.99 Å². The van der Waals surface area contributed by atoms with Crippen molar-refractivity contribution in [1.29, 1.82) is 5.26 Å². The van der Waals surface area contributed by atoms with Gasteiger partial charge in [0, 0.05) is 39.3 Å². The highest BCUT2D eigenvalue weighted by atomic mass is 127. The van der Waals surface area contributed by atoms with Crippen LogP contribution in [0.15, 0.2) is 29.3 Å². The molecule has 2 N–H and O–H groups in total. The van der Waals surface area contributed by atoms with Gasteiger partial charge in [0.1, 0.15) is 6.07 Å². The first-order valence-corrected chi connectivity index (χ1v) is 10.1. The van der Waals surface area contributed by atoms with Crippen molar-refractivity contribution in [3.63, 3.8) is 0 Å². The average Bonchev–Trinajstić information content (AvgIpc) is 2.72. The number of hydrogen-bond donors (Lipinski definition) is 2. The van der Waals surface area contributed by atoms with E-state index in [1.807, 2.05) is 31.3 Å². The van der Waals surface area contributed by atoms with Gasteiger partial charge in [0.25, 0.3) is 0 Å². The van der Waals surface area contributed by atoms with E-state index < -0.39 is 0 Å². The standard InChI is InChI=1S/C21H34N6.HI/c1-4-13-26(5-2)15-12-24-21(23-3)25-19-10-8-14-27(17-19)20-11-7-6-9-18(20)16-22;/h6-7,9,11,19H,4-5,8,10,12-15,17H2,1-3H3,(H2,23,24,25);1H. The summed E-state index contributed by atoms with van der Waals surface area (Å²) >= 11 is 0. The third-order valence-electron chi connectivity index (χ3n) is 5.06. The zero-order valence-corrected chi connectivity index (χ0v) is 19.8. The van der Waals surface area contributed by atoms with Crippen molar-refractivity contribution >= 4 is 35.6 Å². The van der Waals surface area contributed by atoms with E-state index in [1.54, 1.807) is 0 Å². The van der Waals surface area contributed by atoms with Gasteiger partial charge in [-0.05, 0) is 44.5 Å². The second-order valence-corrected chi connectivity index (χ2v) is 6.99. The predicted octanol–water partition coefficient (Wildman–Crippen LogP) is 3.04. The maximum absolute atomic E-state index is 9.37. The number of piperidine rings is 1. The molecule has 0 radical (unpaired) electrons. The van der Waals surface area contributed by atoms with Gasteiger partial charge in [-0.15, -0.1) is 24.0 Å². The van der Waals surface area contributed by atoms with E-state index in [4.69, 9.17) is 0 Å². The maximum Gasteiger partial charge on any atom is 0.191 e. The summed E-state index contributed by atoms with van der Waals surface area (Å²) in [4.78, 5) is 9.15. The van der Waals surface area contributed by atoms with Gasteiger partial charge in [-0.2, -0.15) is 5.26 Å². The lowest BCUT2D eigenvalue weighted by molar-refractivity contribution is 0.292. The summed E-state index contributed by atoms with van der Waals surface area (Å²) in [5, 5.41) is 16.4. The lowest BCUT2D eigenvalue weighted by Crippen LogP contribution is -2.52. The number of guanidine groups is 1. The molecule has 1 heterocycles. The first-order valence-electron chi connectivity index (χ1n) is 10.1. The Balaban J connectivity index is 0.00000392. The van der Waals surface area contributed by atoms with Crippen molar-refractivity contribution in [2.75, 3.05) is 51.2 Å². The minimum Gasteiger partial charge on any atom is -0.368 e. The molecule has 0 saturated carbocycles. The molecular formula is C21H35IN6. The van der Waals surface area contributed by atoms with E-state index in [9.17, 15) is 5.26 Å². The summed E-state index contributed by atoms with van der Waals surface area (Å²) in [5.41, 5.74) is 1.78. The average molecular weight is 498 g/mol. The van der Waals surface area contributed by atoms with Crippen LogP contribution in [0.5, 0.6) is 0 Å². The molecule has 1 unspecified atom stereocenters. The smallest absolute Gasteiger partial charge is 0.191 e. The topological polar surface area (TPSA) is 66.7 Å². The lowest BCUT2D eigenvalue weighted by Gasteiger charge is -2.35. The number of benzene rings is 1. The molecule has 1 fully saturated rings. The van der Waals surface area contributed by atoms with Gasteiger partial charge in [-0.25, -0.2) is 0 Å². The maximum atomic E-state index is 9.37. The molecule has 1 saturated heterocycles. The minimum absolute atomic E-state index is 0. The van der Waals surface area contributed by atoms with Gasteiger partial charge in [0.2, 0.25) is 0 Å². The largest absolute Gasteiger partial charge is 0.368 e. The van der Waals surface area contributed by atoms with Crippen LogP contribution >= 0.6 is 24.0 Å². The number of nitrogens with one attached hydrogen (secondary N) is 2. The molecule has 2 rings (SSSR count). The first-order chi connectivity index (χ1) is 13.2. The number of nitriles is 1. The van der Waals surface area contributed by atoms with Crippen molar-refractivity contribution in [3.05, 3.63) is 29.8 Å². The van der Waals surface area contributed by atoms with Crippen LogP contribution < -0.4 is 15.5 Å². The number of nitrogens with zero attached hydrogens (tertiary/aromatic N) is 4. The van der Waals surface area contributed by atoms with Crippen molar-refractivity contribution < 1.29 is 0 Å². The highest BCUT2D eigenvalue weighted by Gasteiger charge is 2.22. The second-order valence-electron chi connectivity index (χ2n) is 6.99. The van der Waals surface area contributed by atoms with Crippen LogP contribution in [0.2, 0.25) is 0 Å². The van der Waals surface area contributed by atoms with E-state index in [-0.39, 0.29) is 24.0 Å². The molecule has 1 atom stereocenters. The number of halogens is 1. The monoisotopic (exact) mass is 498 g/mol. The fourth-order valence-electron chi connectivity index (χ4n) is 3.62. The van der Waals surface area contributed by atoms with E-state index in [1.165, 1.54) is 6.42 Å². The van der Waals surface area contributed by atoms with Gasteiger partial charge < -0.3 is 20.4 Å². The van der Waals surface area contributed by atoms with E-state index in [0.717, 1.165) is 69.3 Å². The molecule has 1 aromatic carbocycles. The summed E-state index contributed by atoms with van der Waals surface area (Å²) < 4.78 is 0. The molecule has 6 nitrogen and oxygen atoms in total. The molecule has 0 amide bonds. The van der Waals surface area contributed by atoms with Crippen LogP contribution in [-0.2, 0) is 0 Å². The Labute approximate surface area is 187 Å². The molecular weight excluding hydrogens is 463 g/mol. The lowest BCUT2D eigenvalue weighted by atomic mass is 10.0. The molecule has 0 bridgehead atoms.